The fourth-order valence-corrected chi connectivity index (χ4v) is 4.31. The van der Waals surface area contributed by atoms with Gasteiger partial charge in [-0.2, -0.15) is 10.5 Å². The fourth-order valence-electron chi connectivity index (χ4n) is 3.23. The average molecular weight is 331 g/mol. The van der Waals surface area contributed by atoms with Gasteiger partial charge in [0.1, 0.15) is 22.8 Å². The highest BCUT2D eigenvalue weighted by molar-refractivity contribution is 7.16. The number of anilines is 2. The quantitative estimate of drug-likeness (QED) is 0.739. The Labute approximate surface area is 143 Å². The number of para-hydroxylation sites is 1. The van der Waals surface area contributed by atoms with E-state index in [-0.39, 0.29) is 0 Å². The van der Waals surface area contributed by atoms with Crippen LogP contribution in [0.5, 0.6) is 0 Å². The van der Waals surface area contributed by atoms with Crippen molar-refractivity contribution in [3.8, 4) is 12.1 Å². The zero-order chi connectivity index (χ0) is 16.7. The van der Waals surface area contributed by atoms with Crippen molar-refractivity contribution >= 4 is 32.9 Å². The first-order valence-corrected chi connectivity index (χ1v) is 8.38. The lowest BCUT2D eigenvalue weighted by atomic mass is 10.0. The molecule has 0 saturated carbocycles. The lowest BCUT2D eigenvalue weighted by Gasteiger charge is -2.30. The minimum Gasteiger partial charge on any atom is -0.389 e. The summed E-state index contributed by atoms with van der Waals surface area (Å²) in [5.41, 5.74) is 9.93. The van der Waals surface area contributed by atoms with Crippen LogP contribution in [-0.4, -0.2) is 11.5 Å². The summed E-state index contributed by atoms with van der Waals surface area (Å²) >= 11 is 1.49. The molecule has 1 aliphatic rings. The Hall–Kier alpha value is -3.09. The van der Waals surface area contributed by atoms with Crippen molar-refractivity contribution < 1.29 is 0 Å². The molecule has 24 heavy (non-hydrogen) atoms. The van der Waals surface area contributed by atoms with Crippen LogP contribution in [0.3, 0.4) is 0 Å². The van der Waals surface area contributed by atoms with Crippen molar-refractivity contribution in [1.82, 2.24) is 4.98 Å². The highest BCUT2D eigenvalue weighted by Crippen LogP contribution is 2.37. The van der Waals surface area contributed by atoms with E-state index >= 15 is 0 Å². The largest absolute Gasteiger partial charge is 0.389 e. The zero-order valence-corrected chi connectivity index (χ0v) is 13.6. The maximum absolute atomic E-state index is 9.27. The number of aromatic nitrogens is 1. The highest BCUT2D eigenvalue weighted by Gasteiger charge is 2.25. The molecule has 2 aromatic heterocycles. The molecule has 3 aromatic rings. The molecule has 0 aliphatic carbocycles. The molecule has 0 radical (unpaired) electrons. The van der Waals surface area contributed by atoms with Crippen LogP contribution in [0.1, 0.15) is 21.7 Å². The fraction of sp³-hybridized carbons (Fsp3) is 0.167. The number of benzene rings is 1. The van der Waals surface area contributed by atoms with E-state index in [1.54, 1.807) is 0 Å². The molecule has 1 aromatic carbocycles. The van der Waals surface area contributed by atoms with Crippen molar-refractivity contribution in [1.29, 1.82) is 10.5 Å². The number of nitrogens with two attached hydrogens (primary N) is 1. The summed E-state index contributed by atoms with van der Waals surface area (Å²) in [5.74, 6) is 0. The summed E-state index contributed by atoms with van der Waals surface area (Å²) in [7, 11) is 0. The minimum absolute atomic E-state index is 0.415. The SMILES string of the molecule is N#Cc1cc(N2CCc3c(sc(N)c3C#N)C2)c2ccccc2n1. The lowest BCUT2D eigenvalue weighted by Crippen LogP contribution is -2.30. The van der Waals surface area contributed by atoms with Crippen LogP contribution in [0.15, 0.2) is 30.3 Å². The van der Waals surface area contributed by atoms with E-state index in [2.05, 4.69) is 22.0 Å². The number of nitrogen functional groups attached to an aromatic ring is 1. The van der Waals surface area contributed by atoms with Gasteiger partial charge in [0.2, 0.25) is 0 Å². The molecule has 0 bridgehead atoms. The van der Waals surface area contributed by atoms with Crippen LogP contribution >= 0.6 is 11.3 Å². The summed E-state index contributed by atoms with van der Waals surface area (Å²) in [6, 6.07) is 14.1. The van der Waals surface area contributed by atoms with Gasteiger partial charge in [-0.15, -0.1) is 11.3 Å². The Balaban J connectivity index is 1.82. The molecule has 0 atom stereocenters. The van der Waals surface area contributed by atoms with E-state index in [4.69, 9.17) is 5.73 Å². The molecule has 0 unspecified atom stereocenters. The number of hydrogen-bond donors (Lipinski definition) is 1. The van der Waals surface area contributed by atoms with Gasteiger partial charge in [0.15, 0.2) is 0 Å². The molecule has 0 fully saturated rings. The topological polar surface area (TPSA) is 89.7 Å². The molecule has 5 nitrogen and oxygen atoms in total. The van der Waals surface area contributed by atoms with Crippen LogP contribution in [0.4, 0.5) is 10.7 Å². The number of thiophene rings is 1. The molecule has 0 spiro atoms. The van der Waals surface area contributed by atoms with E-state index in [0.29, 0.717) is 22.8 Å². The third-order valence-electron chi connectivity index (χ3n) is 4.35. The van der Waals surface area contributed by atoms with Crippen LogP contribution < -0.4 is 10.6 Å². The van der Waals surface area contributed by atoms with Gasteiger partial charge in [0, 0.05) is 22.5 Å². The second-order valence-corrected chi connectivity index (χ2v) is 6.82. The van der Waals surface area contributed by atoms with E-state index in [1.807, 2.05) is 30.3 Å². The van der Waals surface area contributed by atoms with Crippen molar-refractivity contribution in [3.05, 3.63) is 52.0 Å². The Morgan fingerprint density at radius 3 is 2.83 bits per heavy atom. The van der Waals surface area contributed by atoms with E-state index in [1.165, 1.54) is 11.3 Å². The highest BCUT2D eigenvalue weighted by atomic mass is 32.1. The smallest absolute Gasteiger partial charge is 0.143 e. The first kappa shape index (κ1) is 14.5. The maximum atomic E-state index is 9.27. The molecule has 0 saturated heterocycles. The molecule has 116 valence electrons. The molecular weight excluding hydrogens is 318 g/mol. The van der Waals surface area contributed by atoms with Gasteiger partial charge >= 0.3 is 0 Å². The van der Waals surface area contributed by atoms with Crippen LogP contribution in [0.2, 0.25) is 0 Å². The van der Waals surface area contributed by atoms with Crippen molar-refractivity contribution in [2.24, 2.45) is 0 Å². The van der Waals surface area contributed by atoms with Gasteiger partial charge in [0.05, 0.1) is 17.6 Å². The number of nitrogens with zero attached hydrogens (tertiary/aromatic N) is 4. The van der Waals surface area contributed by atoms with Gasteiger partial charge < -0.3 is 10.6 Å². The molecule has 6 heteroatoms. The molecule has 3 heterocycles. The number of nitriles is 2. The van der Waals surface area contributed by atoms with Gasteiger partial charge in [-0.05, 0) is 24.1 Å². The Kier molecular flexibility index (Phi) is 3.34. The first-order chi connectivity index (χ1) is 11.7. The predicted molar refractivity (Wildman–Crippen MR) is 94.7 cm³/mol. The van der Waals surface area contributed by atoms with Gasteiger partial charge in [-0.3, -0.25) is 0 Å². The normalized spacial score (nSPS) is 13.3. The van der Waals surface area contributed by atoms with Crippen LogP contribution in [0.25, 0.3) is 10.9 Å². The van der Waals surface area contributed by atoms with Crippen molar-refractivity contribution in [2.45, 2.75) is 13.0 Å². The third-order valence-corrected chi connectivity index (χ3v) is 5.39. The summed E-state index contributed by atoms with van der Waals surface area (Å²) in [6.07, 6.45) is 0.782. The monoisotopic (exact) mass is 331 g/mol. The molecular formula is C18H13N5S. The Morgan fingerprint density at radius 2 is 2.04 bits per heavy atom. The average Bonchev–Trinajstić information content (AvgIpc) is 2.94. The number of fused-ring (bicyclic) bond motifs is 2. The molecule has 2 N–H and O–H groups in total. The minimum atomic E-state index is 0.415. The van der Waals surface area contributed by atoms with Gasteiger partial charge in [0.25, 0.3) is 0 Å². The molecule has 1 aliphatic heterocycles. The first-order valence-electron chi connectivity index (χ1n) is 7.56. The van der Waals surface area contributed by atoms with Crippen LogP contribution in [0, 0.1) is 22.7 Å². The van der Waals surface area contributed by atoms with Crippen LogP contribution in [-0.2, 0) is 13.0 Å². The summed E-state index contributed by atoms with van der Waals surface area (Å²) in [5, 5.41) is 20.2. The van der Waals surface area contributed by atoms with Gasteiger partial charge in [-0.1, -0.05) is 18.2 Å². The standard InChI is InChI=1S/C18H13N5S/c19-8-11-7-16(13-3-1-2-4-15(13)22-11)23-6-5-12-14(9-20)18(21)24-17(12)10-23/h1-4,7H,5-6,10,21H2. The zero-order valence-electron chi connectivity index (χ0n) is 12.8. The van der Waals surface area contributed by atoms with Crippen molar-refractivity contribution in [3.63, 3.8) is 0 Å². The molecule has 0 amide bonds. The predicted octanol–water partition coefficient (Wildman–Crippen LogP) is 3.18. The number of pyridine rings is 1. The van der Waals surface area contributed by atoms with Gasteiger partial charge in [-0.25, -0.2) is 4.98 Å². The Morgan fingerprint density at radius 1 is 1.21 bits per heavy atom. The van der Waals surface area contributed by atoms with E-state index < -0.39 is 0 Å². The van der Waals surface area contributed by atoms with E-state index in [0.717, 1.165) is 40.0 Å². The van der Waals surface area contributed by atoms with E-state index in [9.17, 15) is 10.5 Å². The molecule has 4 rings (SSSR count). The second-order valence-electron chi connectivity index (χ2n) is 5.68. The summed E-state index contributed by atoms with van der Waals surface area (Å²) in [6.45, 7) is 1.49. The number of rotatable bonds is 1. The lowest BCUT2D eigenvalue weighted by molar-refractivity contribution is 0.746. The van der Waals surface area contributed by atoms with Crippen molar-refractivity contribution in [2.75, 3.05) is 17.2 Å². The summed E-state index contributed by atoms with van der Waals surface area (Å²) in [4.78, 5) is 7.75. The summed E-state index contributed by atoms with van der Waals surface area (Å²) < 4.78 is 0. The third kappa shape index (κ3) is 2.17. The maximum Gasteiger partial charge on any atom is 0.143 e. The second kappa shape index (κ2) is 5.52. The Bertz CT molecular complexity index is 1040. The number of hydrogen-bond acceptors (Lipinski definition) is 6.